The number of hydrogen-bond acceptors (Lipinski definition) is 8. The first-order valence-electron chi connectivity index (χ1n) is 12.6. The molecule has 0 aliphatic heterocycles. The number of carbonyl (C=O) groups is 3. The fraction of sp³-hybridized carbons (Fsp3) is 0.407. The zero-order valence-corrected chi connectivity index (χ0v) is 24.6. The van der Waals surface area contributed by atoms with Gasteiger partial charge in [0.2, 0.25) is 5.91 Å². The minimum atomic E-state index is -4.13. The molecule has 9 nitrogen and oxygen atoms in total. The summed E-state index contributed by atoms with van der Waals surface area (Å²) in [6, 6.07) is 5.84. The number of sulfone groups is 1. The van der Waals surface area contributed by atoms with Crippen LogP contribution in [-0.2, 0) is 43.5 Å². The van der Waals surface area contributed by atoms with Gasteiger partial charge in [0.05, 0.1) is 22.4 Å². The lowest BCUT2D eigenvalue weighted by Gasteiger charge is -2.18. The van der Waals surface area contributed by atoms with E-state index >= 15 is 0 Å². The first-order valence-corrected chi connectivity index (χ1v) is 16.1. The number of allylic oxidation sites excluding steroid dienone is 1. The third-order valence-corrected chi connectivity index (χ3v) is 9.91. The Bertz CT molecular complexity index is 1630. The second-order valence-electron chi connectivity index (χ2n) is 9.62. The van der Waals surface area contributed by atoms with Gasteiger partial charge in [-0.25, -0.2) is 13.2 Å². The summed E-state index contributed by atoms with van der Waals surface area (Å²) < 4.78 is 33.4. The summed E-state index contributed by atoms with van der Waals surface area (Å²) >= 11 is 2.56. The van der Waals surface area contributed by atoms with Gasteiger partial charge in [0.1, 0.15) is 16.5 Å². The topological polar surface area (TPSA) is 124 Å². The van der Waals surface area contributed by atoms with Crippen LogP contribution in [0, 0.1) is 12.8 Å². The highest BCUT2D eigenvalue weighted by atomic mass is 32.2. The van der Waals surface area contributed by atoms with E-state index in [1.807, 2.05) is 25.1 Å². The highest BCUT2D eigenvalue weighted by Gasteiger charge is 2.30. The van der Waals surface area contributed by atoms with E-state index in [0.717, 1.165) is 39.1 Å². The van der Waals surface area contributed by atoms with Crippen molar-refractivity contribution < 1.29 is 27.5 Å². The Hall–Kier alpha value is -3.09. The summed E-state index contributed by atoms with van der Waals surface area (Å²) in [7, 11) is -4.13. The van der Waals surface area contributed by atoms with E-state index in [2.05, 4.69) is 23.8 Å². The number of ether oxygens (including phenoxy) is 1. The number of esters is 1. The highest BCUT2D eigenvalue weighted by Crippen LogP contribution is 2.40. The van der Waals surface area contributed by atoms with Crippen molar-refractivity contribution >= 4 is 65.5 Å². The van der Waals surface area contributed by atoms with E-state index in [0.29, 0.717) is 29.2 Å². The number of nitrogens with zero attached hydrogens (tertiary/aromatic N) is 2. The summed E-state index contributed by atoms with van der Waals surface area (Å²) in [6.07, 6.45) is 4.05. The molecule has 1 unspecified atom stereocenters. The minimum absolute atomic E-state index is 0.180. The van der Waals surface area contributed by atoms with E-state index in [-0.39, 0.29) is 11.6 Å². The number of fused-ring (bicyclic) bond motifs is 2. The van der Waals surface area contributed by atoms with Crippen LogP contribution in [0.4, 0.5) is 5.00 Å². The molecule has 1 atom stereocenters. The van der Waals surface area contributed by atoms with E-state index in [1.54, 1.807) is 17.6 Å². The predicted molar refractivity (Wildman–Crippen MR) is 154 cm³/mol. The lowest BCUT2D eigenvalue weighted by atomic mass is 9.88. The SMILES string of the molecule is C=CCn1c(=NC(=O)CS(=O)(=O)CC(=O)Nc2sc3c(c2C(=O)OCC)CCC(C)C3)sc2cc(C)ccc21. The summed E-state index contributed by atoms with van der Waals surface area (Å²) in [5.41, 5.74) is 3.07. The molecule has 0 fully saturated rings. The number of thiazole rings is 1. The Labute approximate surface area is 235 Å². The van der Waals surface area contributed by atoms with Gasteiger partial charge >= 0.3 is 5.97 Å². The molecule has 12 heteroatoms. The van der Waals surface area contributed by atoms with Crippen molar-refractivity contribution in [2.24, 2.45) is 10.9 Å². The number of nitrogens with one attached hydrogen (secondary N) is 1. The molecule has 0 bridgehead atoms. The summed E-state index contributed by atoms with van der Waals surface area (Å²) in [5, 5.41) is 2.88. The van der Waals surface area contributed by atoms with Crippen molar-refractivity contribution in [3.05, 3.63) is 57.2 Å². The summed E-state index contributed by atoms with van der Waals surface area (Å²) in [5.74, 6) is -3.60. The van der Waals surface area contributed by atoms with Crippen molar-refractivity contribution in [3.8, 4) is 0 Å². The first-order chi connectivity index (χ1) is 18.5. The number of hydrogen-bond donors (Lipinski definition) is 1. The molecule has 1 N–H and O–H groups in total. The first kappa shape index (κ1) is 28.9. The molecule has 0 saturated heterocycles. The van der Waals surface area contributed by atoms with Crippen LogP contribution in [0.1, 0.15) is 46.6 Å². The van der Waals surface area contributed by atoms with Crippen molar-refractivity contribution in [1.82, 2.24) is 4.57 Å². The highest BCUT2D eigenvalue weighted by molar-refractivity contribution is 7.92. The molecular formula is C27H31N3O6S3. The Balaban J connectivity index is 1.51. The molecule has 2 amide bonds. The van der Waals surface area contributed by atoms with Gasteiger partial charge < -0.3 is 14.6 Å². The van der Waals surface area contributed by atoms with Crippen LogP contribution in [0.5, 0.6) is 0 Å². The number of amides is 2. The van der Waals surface area contributed by atoms with Gasteiger partial charge in [-0.2, -0.15) is 4.99 Å². The van der Waals surface area contributed by atoms with Crippen LogP contribution in [0.15, 0.2) is 35.8 Å². The number of aromatic nitrogens is 1. The molecule has 1 aromatic carbocycles. The summed E-state index contributed by atoms with van der Waals surface area (Å²) in [6.45, 7) is 10.1. The van der Waals surface area contributed by atoms with Crippen LogP contribution in [0.2, 0.25) is 0 Å². The zero-order chi connectivity index (χ0) is 28.3. The van der Waals surface area contributed by atoms with E-state index in [9.17, 15) is 22.8 Å². The van der Waals surface area contributed by atoms with Gasteiger partial charge in [-0.15, -0.1) is 17.9 Å². The van der Waals surface area contributed by atoms with Crippen molar-refractivity contribution in [2.75, 3.05) is 23.4 Å². The minimum Gasteiger partial charge on any atom is -0.462 e. The fourth-order valence-corrected chi connectivity index (χ4v) is 8.15. The maximum Gasteiger partial charge on any atom is 0.341 e. The largest absolute Gasteiger partial charge is 0.462 e. The fourth-order valence-electron chi connectivity index (χ4n) is 4.57. The lowest BCUT2D eigenvalue weighted by molar-refractivity contribution is -0.115. The second kappa shape index (κ2) is 12.0. The molecule has 0 spiro atoms. The predicted octanol–water partition coefficient (Wildman–Crippen LogP) is 4.04. The zero-order valence-electron chi connectivity index (χ0n) is 22.1. The molecule has 0 saturated carbocycles. The number of benzene rings is 1. The second-order valence-corrected chi connectivity index (χ2v) is 13.8. The van der Waals surface area contributed by atoms with Crippen molar-refractivity contribution in [2.45, 2.75) is 46.6 Å². The van der Waals surface area contributed by atoms with Crippen molar-refractivity contribution in [3.63, 3.8) is 0 Å². The maximum atomic E-state index is 12.8. The van der Waals surface area contributed by atoms with Gasteiger partial charge in [-0.1, -0.05) is 30.4 Å². The standard InChI is InChI=1S/C27H31N3O6S3/c1-5-11-30-19-10-8-17(4)13-21(19)38-27(30)29-23(32)15-39(34,35)14-22(31)28-25-24(26(33)36-6-2)18-9-7-16(3)12-20(18)37-25/h5,8,10,13,16H,1,6-7,9,11-12,14-15H2,2-4H3,(H,28,31). The average molecular weight is 590 g/mol. The maximum absolute atomic E-state index is 12.8. The number of aryl methyl sites for hydroxylation is 1. The molecule has 0 radical (unpaired) electrons. The Morgan fingerprint density at radius 1 is 1.26 bits per heavy atom. The van der Waals surface area contributed by atoms with Crippen LogP contribution in [-0.4, -0.2) is 48.9 Å². The quantitative estimate of drug-likeness (QED) is 0.297. The smallest absolute Gasteiger partial charge is 0.341 e. The van der Waals surface area contributed by atoms with Gasteiger partial charge in [-0.3, -0.25) is 9.59 Å². The molecule has 3 aromatic rings. The molecular weight excluding hydrogens is 559 g/mol. The van der Waals surface area contributed by atoms with Crippen LogP contribution < -0.4 is 10.1 Å². The van der Waals surface area contributed by atoms with E-state index in [4.69, 9.17) is 4.74 Å². The average Bonchev–Trinajstić information content (AvgIpc) is 3.34. The third-order valence-electron chi connectivity index (χ3n) is 6.31. The lowest BCUT2D eigenvalue weighted by Crippen LogP contribution is -2.28. The number of carbonyl (C=O) groups excluding carboxylic acids is 3. The summed E-state index contributed by atoms with van der Waals surface area (Å²) in [4.78, 5) is 43.5. The normalized spacial score (nSPS) is 15.7. The molecule has 4 rings (SSSR count). The molecule has 1 aliphatic carbocycles. The van der Waals surface area contributed by atoms with Gasteiger partial charge in [0.15, 0.2) is 14.6 Å². The Kier molecular flexibility index (Phi) is 8.87. The van der Waals surface area contributed by atoms with E-state index < -0.39 is 39.1 Å². The van der Waals surface area contributed by atoms with Crippen molar-refractivity contribution in [1.29, 1.82) is 0 Å². The molecule has 39 heavy (non-hydrogen) atoms. The molecule has 2 heterocycles. The molecule has 208 valence electrons. The number of thiophene rings is 1. The number of anilines is 1. The van der Waals surface area contributed by atoms with Gasteiger partial charge in [0, 0.05) is 11.4 Å². The Morgan fingerprint density at radius 3 is 2.74 bits per heavy atom. The third kappa shape index (κ3) is 6.74. The van der Waals surface area contributed by atoms with Gasteiger partial charge in [0.25, 0.3) is 5.91 Å². The molecule has 2 aromatic heterocycles. The Morgan fingerprint density at radius 2 is 2.03 bits per heavy atom. The van der Waals surface area contributed by atoms with Gasteiger partial charge in [-0.05, 0) is 62.3 Å². The van der Waals surface area contributed by atoms with Crippen LogP contribution in [0.25, 0.3) is 10.2 Å². The van der Waals surface area contributed by atoms with Crippen LogP contribution >= 0.6 is 22.7 Å². The number of rotatable bonds is 9. The monoisotopic (exact) mass is 589 g/mol. The molecule has 1 aliphatic rings. The van der Waals surface area contributed by atoms with E-state index in [1.165, 1.54) is 22.7 Å². The van der Waals surface area contributed by atoms with Crippen LogP contribution in [0.3, 0.4) is 0 Å².